The van der Waals surface area contributed by atoms with Crippen molar-refractivity contribution in [2.24, 2.45) is 5.92 Å². The predicted octanol–water partition coefficient (Wildman–Crippen LogP) is 3.88. The Hall–Kier alpha value is -2.63. The molecule has 2 aromatic carbocycles. The predicted molar refractivity (Wildman–Crippen MR) is 127 cm³/mol. The van der Waals surface area contributed by atoms with E-state index in [0.29, 0.717) is 11.1 Å². The minimum Gasteiger partial charge on any atom is -0.355 e. The lowest BCUT2D eigenvalue weighted by Crippen LogP contribution is -2.49. The number of hydrogen-bond acceptors (Lipinski definition) is 4. The number of carbonyl (C=O) groups is 2. The van der Waals surface area contributed by atoms with Crippen LogP contribution in [0.2, 0.25) is 5.02 Å². The molecule has 1 heterocycles. The average Bonchev–Trinajstić information content (AvgIpc) is 3.65. The fourth-order valence-electron chi connectivity index (χ4n) is 4.07. The zero-order valence-electron chi connectivity index (χ0n) is 19.1. The van der Waals surface area contributed by atoms with Gasteiger partial charge in [-0.1, -0.05) is 23.7 Å². The standard InChI is InChI=1S/C24H25ClF3N3O4S/c25-18-5-9-20(10-6-18)36(34,35)31(21-13-17(24(26,27)28)11-12-29-23(21)33)14-15-1-3-16(4-2-15)22(32)30-19-7-8-19/h1-6,9-10,17,19,21H,7-8,11-14H2,(H,29,33)(H,30,32). The third kappa shape index (κ3) is 6.19. The molecule has 1 saturated carbocycles. The van der Waals surface area contributed by atoms with Gasteiger partial charge < -0.3 is 10.6 Å². The molecule has 2 aliphatic rings. The van der Waals surface area contributed by atoms with Gasteiger partial charge in [-0.2, -0.15) is 17.5 Å². The second kappa shape index (κ2) is 10.4. The van der Waals surface area contributed by atoms with Crippen LogP contribution in [0.25, 0.3) is 0 Å². The molecule has 0 bridgehead atoms. The molecular formula is C24H25ClF3N3O4S. The molecule has 2 N–H and O–H groups in total. The highest BCUT2D eigenvalue weighted by Gasteiger charge is 2.46. The van der Waals surface area contributed by atoms with E-state index in [1.54, 1.807) is 0 Å². The number of nitrogens with one attached hydrogen (secondary N) is 2. The van der Waals surface area contributed by atoms with Gasteiger partial charge >= 0.3 is 6.18 Å². The Balaban J connectivity index is 1.67. The summed E-state index contributed by atoms with van der Waals surface area (Å²) in [6.45, 7) is -0.572. The highest BCUT2D eigenvalue weighted by Crippen LogP contribution is 2.36. The van der Waals surface area contributed by atoms with Crippen LogP contribution < -0.4 is 10.6 Å². The van der Waals surface area contributed by atoms with Crippen molar-refractivity contribution in [2.75, 3.05) is 6.54 Å². The van der Waals surface area contributed by atoms with E-state index in [0.717, 1.165) is 17.1 Å². The Kier molecular flexibility index (Phi) is 7.63. The van der Waals surface area contributed by atoms with Crippen LogP contribution in [0.15, 0.2) is 53.4 Å². The number of hydrogen-bond donors (Lipinski definition) is 2. The first-order chi connectivity index (χ1) is 16.9. The van der Waals surface area contributed by atoms with Gasteiger partial charge in [0.25, 0.3) is 5.91 Å². The molecule has 4 rings (SSSR count). The van der Waals surface area contributed by atoms with Crippen LogP contribution in [-0.2, 0) is 21.4 Å². The third-order valence-corrected chi connectivity index (χ3v) is 8.42. The lowest BCUT2D eigenvalue weighted by molar-refractivity contribution is -0.179. The Morgan fingerprint density at radius 2 is 1.69 bits per heavy atom. The zero-order chi connectivity index (χ0) is 26.1. The molecule has 7 nitrogen and oxygen atoms in total. The molecule has 2 amide bonds. The lowest BCUT2D eigenvalue weighted by Gasteiger charge is -2.31. The molecule has 0 spiro atoms. The molecule has 2 fully saturated rings. The number of sulfonamides is 1. The summed E-state index contributed by atoms with van der Waals surface area (Å²) in [5.41, 5.74) is 0.790. The molecule has 194 valence electrons. The van der Waals surface area contributed by atoms with Crippen molar-refractivity contribution >= 4 is 33.4 Å². The van der Waals surface area contributed by atoms with E-state index in [-0.39, 0.29) is 41.4 Å². The highest BCUT2D eigenvalue weighted by atomic mass is 35.5. The van der Waals surface area contributed by atoms with E-state index in [1.807, 2.05) is 0 Å². The normalized spacial score (nSPS) is 21.1. The summed E-state index contributed by atoms with van der Waals surface area (Å²) in [6.07, 6.45) is -3.79. The van der Waals surface area contributed by atoms with Crippen molar-refractivity contribution in [3.63, 3.8) is 0 Å². The van der Waals surface area contributed by atoms with Crippen molar-refractivity contribution in [3.05, 3.63) is 64.7 Å². The van der Waals surface area contributed by atoms with Crippen molar-refractivity contribution in [1.29, 1.82) is 0 Å². The maximum atomic E-state index is 13.6. The number of alkyl halides is 3. The number of halogens is 4. The molecular weight excluding hydrogens is 519 g/mol. The van der Waals surface area contributed by atoms with Gasteiger partial charge in [0.15, 0.2) is 0 Å². The van der Waals surface area contributed by atoms with Crippen LogP contribution in [0.3, 0.4) is 0 Å². The summed E-state index contributed by atoms with van der Waals surface area (Å²) >= 11 is 5.88. The van der Waals surface area contributed by atoms with Gasteiger partial charge in [-0.25, -0.2) is 8.42 Å². The number of rotatable bonds is 7. The van der Waals surface area contributed by atoms with E-state index in [4.69, 9.17) is 11.6 Å². The molecule has 36 heavy (non-hydrogen) atoms. The molecule has 1 aliphatic carbocycles. The molecule has 0 radical (unpaired) electrons. The fraction of sp³-hybridized carbons (Fsp3) is 0.417. The van der Waals surface area contributed by atoms with Crippen LogP contribution in [0.5, 0.6) is 0 Å². The van der Waals surface area contributed by atoms with E-state index >= 15 is 0 Å². The van der Waals surface area contributed by atoms with Crippen LogP contribution in [0, 0.1) is 5.92 Å². The van der Waals surface area contributed by atoms with Gasteiger partial charge in [-0.3, -0.25) is 9.59 Å². The van der Waals surface area contributed by atoms with Crippen molar-refractivity contribution < 1.29 is 31.2 Å². The van der Waals surface area contributed by atoms with Crippen LogP contribution in [0.4, 0.5) is 13.2 Å². The van der Waals surface area contributed by atoms with Gasteiger partial charge in [-0.05, 0) is 67.6 Å². The van der Waals surface area contributed by atoms with Crippen molar-refractivity contribution in [1.82, 2.24) is 14.9 Å². The van der Waals surface area contributed by atoms with E-state index in [9.17, 15) is 31.2 Å². The number of amides is 2. The van der Waals surface area contributed by atoms with Crippen LogP contribution in [-0.4, -0.2) is 49.3 Å². The van der Waals surface area contributed by atoms with Gasteiger partial charge in [0.1, 0.15) is 6.04 Å². The van der Waals surface area contributed by atoms with Gasteiger partial charge in [-0.15, -0.1) is 0 Å². The van der Waals surface area contributed by atoms with E-state index in [2.05, 4.69) is 10.6 Å². The first-order valence-electron chi connectivity index (χ1n) is 11.5. The highest BCUT2D eigenvalue weighted by molar-refractivity contribution is 7.89. The topological polar surface area (TPSA) is 95.6 Å². The average molecular weight is 544 g/mol. The zero-order valence-corrected chi connectivity index (χ0v) is 20.7. The Morgan fingerprint density at radius 1 is 1.06 bits per heavy atom. The summed E-state index contributed by atoms with van der Waals surface area (Å²) in [6, 6.07) is 9.86. The van der Waals surface area contributed by atoms with Crippen LogP contribution >= 0.6 is 11.6 Å². The lowest BCUT2D eigenvalue weighted by atomic mass is 9.97. The summed E-state index contributed by atoms with van der Waals surface area (Å²) in [5.74, 6) is -2.90. The number of benzene rings is 2. The molecule has 1 aliphatic heterocycles. The monoisotopic (exact) mass is 543 g/mol. The summed E-state index contributed by atoms with van der Waals surface area (Å²) in [5, 5.41) is 5.56. The van der Waals surface area contributed by atoms with Crippen LogP contribution in [0.1, 0.15) is 41.6 Å². The maximum Gasteiger partial charge on any atom is 0.391 e. The minimum atomic E-state index is -4.59. The molecule has 0 aromatic heterocycles. The summed E-state index contributed by atoms with van der Waals surface area (Å²) < 4.78 is 68.9. The summed E-state index contributed by atoms with van der Waals surface area (Å²) in [7, 11) is -4.40. The second-order valence-corrected chi connectivity index (χ2v) is 11.3. The first kappa shape index (κ1) is 26.4. The van der Waals surface area contributed by atoms with E-state index < -0.39 is 40.5 Å². The third-order valence-electron chi connectivity index (χ3n) is 6.30. The smallest absolute Gasteiger partial charge is 0.355 e. The molecule has 1 saturated heterocycles. The van der Waals surface area contributed by atoms with Gasteiger partial charge in [0, 0.05) is 29.7 Å². The quantitative estimate of drug-likeness (QED) is 0.554. The summed E-state index contributed by atoms with van der Waals surface area (Å²) in [4.78, 5) is 24.9. The SMILES string of the molecule is O=C(NC1CC1)c1ccc(CN(C2CC(C(F)(F)F)CCNC2=O)S(=O)(=O)c2ccc(Cl)cc2)cc1. The molecule has 2 atom stereocenters. The molecule has 2 aromatic rings. The first-order valence-corrected chi connectivity index (χ1v) is 13.3. The van der Waals surface area contributed by atoms with Crippen molar-refractivity contribution in [2.45, 2.75) is 55.4 Å². The fourth-order valence-corrected chi connectivity index (χ4v) is 5.78. The number of carbonyl (C=O) groups excluding carboxylic acids is 2. The molecule has 12 heteroatoms. The van der Waals surface area contributed by atoms with Crippen molar-refractivity contribution in [3.8, 4) is 0 Å². The van der Waals surface area contributed by atoms with Gasteiger partial charge in [0.05, 0.1) is 10.8 Å². The van der Waals surface area contributed by atoms with E-state index in [1.165, 1.54) is 48.5 Å². The van der Waals surface area contributed by atoms with Gasteiger partial charge in [0.2, 0.25) is 15.9 Å². The minimum absolute atomic E-state index is 0.160. The molecule has 2 unspecified atom stereocenters. The number of nitrogens with zero attached hydrogens (tertiary/aromatic N) is 1. The Morgan fingerprint density at radius 3 is 2.28 bits per heavy atom. The Bertz CT molecular complexity index is 1220. The second-order valence-electron chi connectivity index (χ2n) is 9.02. The largest absolute Gasteiger partial charge is 0.391 e. The Labute approximate surface area is 212 Å². The maximum absolute atomic E-state index is 13.6.